The van der Waals surface area contributed by atoms with E-state index in [2.05, 4.69) is 15.1 Å². The summed E-state index contributed by atoms with van der Waals surface area (Å²) in [7, 11) is 1.62. The minimum Gasteiger partial charge on any atom is -0.497 e. The van der Waals surface area contributed by atoms with Crippen LogP contribution in [-0.4, -0.2) is 22.2 Å². The zero-order chi connectivity index (χ0) is 17.8. The first-order chi connectivity index (χ1) is 12.1. The summed E-state index contributed by atoms with van der Waals surface area (Å²) in [5.74, 6) is 2.04. The fourth-order valence-electron chi connectivity index (χ4n) is 2.38. The highest BCUT2D eigenvalue weighted by molar-refractivity contribution is 5.61. The standard InChI is InChI=1S/C17H19N5O3/c1-3-13-15(16(18)21-17(19)20-13)24-9-12-8-14(22-25-12)10-5-4-6-11(7-10)23-2/h4-8H,3,9H2,1-2H3,(H4,18,19,20,21). The number of nitrogens with two attached hydrogens (primary N) is 2. The van der Waals surface area contributed by atoms with Gasteiger partial charge in [0.15, 0.2) is 17.3 Å². The van der Waals surface area contributed by atoms with E-state index >= 15 is 0 Å². The number of anilines is 2. The molecule has 0 saturated heterocycles. The maximum atomic E-state index is 5.87. The molecule has 0 unspecified atom stereocenters. The van der Waals surface area contributed by atoms with E-state index < -0.39 is 0 Å². The Bertz CT molecular complexity index is 878. The Morgan fingerprint density at radius 2 is 2.00 bits per heavy atom. The van der Waals surface area contributed by atoms with E-state index in [0.717, 1.165) is 11.3 Å². The first kappa shape index (κ1) is 16.6. The number of hydrogen-bond acceptors (Lipinski definition) is 8. The number of methoxy groups -OCH3 is 1. The monoisotopic (exact) mass is 341 g/mol. The van der Waals surface area contributed by atoms with Crippen LogP contribution >= 0.6 is 0 Å². The Labute approximate surface area is 144 Å². The maximum Gasteiger partial charge on any atom is 0.222 e. The lowest BCUT2D eigenvalue weighted by molar-refractivity contribution is 0.247. The molecule has 0 radical (unpaired) electrons. The summed E-state index contributed by atoms with van der Waals surface area (Å²) in [6.45, 7) is 2.09. The zero-order valence-electron chi connectivity index (χ0n) is 14.0. The van der Waals surface area contributed by atoms with E-state index in [1.807, 2.05) is 31.2 Å². The van der Waals surface area contributed by atoms with Gasteiger partial charge in [0.05, 0.1) is 12.8 Å². The fourth-order valence-corrected chi connectivity index (χ4v) is 2.38. The molecular weight excluding hydrogens is 322 g/mol. The predicted octanol–water partition coefficient (Wildman–Crippen LogP) is 2.45. The number of ether oxygens (including phenoxy) is 2. The third kappa shape index (κ3) is 3.63. The number of nitrogens with zero attached hydrogens (tertiary/aromatic N) is 3. The molecule has 0 amide bonds. The lowest BCUT2D eigenvalue weighted by Crippen LogP contribution is -2.08. The normalized spacial score (nSPS) is 10.6. The molecule has 0 fully saturated rings. The first-order valence-electron chi connectivity index (χ1n) is 7.75. The van der Waals surface area contributed by atoms with Crippen molar-refractivity contribution >= 4 is 11.8 Å². The molecule has 0 atom stereocenters. The van der Waals surface area contributed by atoms with Gasteiger partial charge in [-0.05, 0) is 18.6 Å². The number of rotatable bonds is 6. The number of hydrogen-bond donors (Lipinski definition) is 2. The van der Waals surface area contributed by atoms with Gasteiger partial charge in [0, 0.05) is 11.6 Å². The van der Waals surface area contributed by atoms with Gasteiger partial charge < -0.3 is 25.5 Å². The van der Waals surface area contributed by atoms with Gasteiger partial charge >= 0.3 is 0 Å². The molecule has 8 nitrogen and oxygen atoms in total. The molecule has 0 saturated carbocycles. The fraction of sp³-hybridized carbons (Fsp3) is 0.235. The van der Waals surface area contributed by atoms with Gasteiger partial charge in [0.25, 0.3) is 0 Å². The molecule has 0 aliphatic carbocycles. The highest BCUT2D eigenvalue weighted by Crippen LogP contribution is 2.27. The number of benzene rings is 1. The molecule has 0 spiro atoms. The number of nitrogen functional groups attached to an aromatic ring is 2. The molecule has 2 aromatic heterocycles. The van der Waals surface area contributed by atoms with Crippen LogP contribution in [0.5, 0.6) is 11.5 Å². The van der Waals surface area contributed by atoms with Gasteiger partial charge in [-0.15, -0.1) is 0 Å². The van der Waals surface area contributed by atoms with Crippen molar-refractivity contribution < 1.29 is 14.0 Å². The average Bonchev–Trinajstić information content (AvgIpc) is 3.09. The van der Waals surface area contributed by atoms with Gasteiger partial charge in [0.2, 0.25) is 5.95 Å². The van der Waals surface area contributed by atoms with Crippen LogP contribution in [0.2, 0.25) is 0 Å². The smallest absolute Gasteiger partial charge is 0.222 e. The Kier molecular flexibility index (Phi) is 4.69. The quantitative estimate of drug-likeness (QED) is 0.701. The van der Waals surface area contributed by atoms with Crippen LogP contribution in [0.4, 0.5) is 11.8 Å². The summed E-state index contributed by atoms with van der Waals surface area (Å²) < 4.78 is 16.3. The Morgan fingerprint density at radius 1 is 1.16 bits per heavy atom. The van der Waals surface area contributed by atoms with Crippen molar-refractivity contribution in [3.05, 3.63) is 41.8 Å². The van der Waals surface area contributed by atoms with Gasteiger partial charge in [-0.2, -0.15) is 4.98 Å². The van der Waals surface area contributed by atoms with Crippen LogP contribution in [0.3, 0.4) is 0 Å². The van der Waals surface area contributed by atoms with Crippen molar-refractivity contribution in [3.8, 4) is 22.8 Å². The molecule has 4 N–H and O–H groups in total. The molecule has 130 valence electrons. The van der Waals surface area contributed by atoms with Crippen molar-refractivity contribution in [1.82, 2.24) is 15.1 Å². The molecule has 3 aromatic rings. The van der Waals surface area contributed by atoms with Crippen molar-refractivity contribution in [2.24, 2.45) is 0 Å². The van der Waals surface area contributed by atoms with Crippen molar-refractivity contribution in [3.63, 3.8) is 0 Å². The molecule has 0 aliphatic heterocycles. The van der Waals surface area contributed by atoms with E-state index in [9.17, 15) is 0 Å². The third-order valence-corrected chi connectivity index (χ3v) is 3.60. The summed E-state index contributed by atoms with van der Waals surface area (Å²) in [6.07, 6.45) is 0.623. The molecule has 8 heteroatoms. The second kappa shape index (κ2) is 7.08. The van der Waals surface area contributed by atoms with E-state index in [4.69, 9.17) is 25.5 Å². The Balaban J connectivity index is 1.76. The summed E-state index contributed by atoms with van der Waals surface area (Å²) in [5.41, 5.74) is 13.7. The van der Waals surface area contributed by atoms with Gasteiger partial charge in [0.1, 0.15) is 18.1 Å². The SMILES string of the molecule is CCc1nc(N)nc(N)c1OCc1cc(-c2cccc(OC)c2)no1. The number of aryl methyl sites for hydroxylation is 1. The average molecular weight is 341 g/mol. The summed E-state index contributed by atoms with van der Waals surface area (Å²) in [6, 6.07) is 9.35. The highest BCUT2D eigenvalue weighted by Gasteiger charge is 2.14. The van der Waals surface area contributed by atoms with Crippen LogP contribution in [0.25, 0.3) is 11.3 Å². The van der Waals surface area contributed by atoms with Crippen molar-refractivity contribution in [2.75, 3.05) is 18.6 Å². The summed E-state index contributed by atoms with van der Waals surface area (Å²) in [4.78, 5) is 8.06. The molecular formula is C17H19N5O3. The lowest BCUT2D eigenvalue weighted by Gasteiger charge is -2.10. The van der Waals surface area contributed by atoms with Crippen LogP contribution in [0, 0.1) is 0 Å². The Morgan fingerprint density at radius 3 is 2.76 bits per heavy atom. The topological polar surface area (TPSA) is 122 Å². The summed E-state index contributed by atoms with van der Waals surface area (Å²) >= 11 is 0. The number of aromatic nitrogens is 3. The third-order valence-electron chi connectivity index (χ3n) is 3.60. The van der Waals surface area contributed by atoms with E-state index in [0.29, 0.717) is 29.3 Å². The van der Waals surface area contributed by atoms with Crippen LogP contribution < -0.4 is 20.9 Å². The molecule has 1 aromatic carbocycles. The van der Waals surface area contributed by atoms with Crippen LogP contribution in [-0.2, 0) is 13.0 Å². The first-order valence-corrected chi connectivity index (χ1v) is 7.75. The van der Waals surface area contributed by atoms with E-state index in [1.165, 1.54) is 0 Å². The van der Waals surface area contributed by atoms with Gasteiger partial charge in [-0.25, -0.2) is 4.98 Å². The minimum atomic E-state index is 0.127. The molecule has 0 aliphatic rings. The second-order valence-electron chi connectivity index (χ2n) is 5.30. The van der Waals surface area contributed by atoms with Crippen molar-refractivity contribution in [1.29, 1.82) is 0 Å². The molecule has 3 rings (SSSR count). The minimum absolute atomic E-state index is 0.127. The van der Waals surface area contributed by atoms with E-state index in [1.54, 1.807) is 13.2 Å². The maximum absolute atomic E-state index is 5.87. The van der Waals surface area contributed by atoms with E-state index in [-0.39, 0.29) is 18.4 Å². The van der Waals surface area contributed by atoms with Crippen LogP contribution in [0.1, 0.15) is 18.4 Å². The van der Waals surface area contributed by atoms with Gasteiger partial charge in [-0.1, -0.05) is 24.2 Å². The molecule has 25 heavy (non-hydrogen) atoms. The van der Waals surface area contributed by atoms with Gasteiger partial charge in [-0.3, -0.25) is 0 Å². The largest absolute Gasteiger partial charge is 0.497 e. The van der Waals surface area contributed by atoms with Crippen LogP contribution in [0.15, 0.2) is 34.9 Å². The predicted molar refractivity (Wildman–Crippen MR) is 93.1 cm³/mol. The Hall–Kier alpha value is -3.29. The second-order valence-corrected chi connectivity index (χ2v) is 5.30. The molecule has 2 heterocycles. The molecule has 0 bridgehead atoms. The van der Waals surface area contributed by atoms with Crippen molar-refractivity contribution in [2.45, 2.75) is 20.0 Å². The zero-order valence-corrected chi connectivity index (χ0v) is 14.0. The summed E-state index contributed by atoms with van der Waals surface area (Å²) in [5, 5.41) is 4.06. The highest BCUT2D eigenvalue weighted by atomic mass is 16.5. The lowest BCUT2D eigenvalue weighted by atomic mass is 10.1.